The maximum absolute atomic E-state index is 11.8. The molecule has 0 spiro atoms. The number of hydrogen-bond donors (Lipinski definition) is 2. The Kier molecular flexibility index (Phi) is 2.95. The molecule has 0 radical (unpaired) electrons. The molecule has 1 aliphatic rings. The quantitative estimate of drug-likeness (QED) is 0.823. The van der Waals surface area contributed by atoms with Gasteiger partial charge >= 0.3 is 0 Å². The van der Waals surface area contributed by atoms with Gasteiger partial charge in [-0.2, -0.15) is 0 Å². The highest BCUT2D eigenvalue weighted by molar-refractivity contribution is 9.10. The van der Waals surface area contributed by atoms with E-state index in [0.717, 1.165) is 22.3 Å². The van der Waals surface area contributed by atoms with E-state index in [-0.39, 0.29) is 11.8 Å². The summed E-state index contributed by atoms with van der Waals surface area (Å²) in [5, 5.41) is 6.21. The first-order valence-corrected chi connectivity index (χ1v) is 5.84. The highest BCUT2D eigenvalue weighted by Gasteiger charge is 2.21. The van der Waals surface area contributed by atoms with Gasteiger partial charge in [-0.05, 0) is 24.6 Å². The van der Waals surface area contributed by atoms with Gasteiger partial charge in [0.2, 0.25) is 5.91 Å². The van der Waals surface area contributed by atoms with Crippen molar-refractivity contribution in [3.05, 3.63) is 22.7 Å². The first kappa shape index (κ1) is 10.5. The average molecular weight is 269 g/mol. The molecule has 4 heteroatoms. The highest BCUT2D eigenvalue weighted by Crippen LogP contribution is 2.29. The van der Waals surface area contributed by atoms with Gasteiger partial charge in [0.15, 0.2) is 0 Å². The topological polar surface area (TPSA) is 41.1 Å². The molecule has 0 aromatic heterocycles. The summed E-state index contributed by atoms with van der Waals surface area (Å²) in [6.45, 7) is 2.73. The fraction of sp³-hybridized carbons (Fsp3) is 0.364. The molecule has 0 saturated heterocycles. The second kappa shape index (κ2) is 4.23. The van der Waals surface area contributed by atoms with Crippen LogP contribution in [-0.4, -0.2) is 12.5 Å². The first-order valence-electron chi connectivity index (χ1n) is 5.05. The van der Waals surface area contributed by atoms with Gasteiger partial charge < -0.3 is 10.6 Å². The zero-order valence-corrected chi connectivity index (χ0v) is 10.1. The Hall–Kier alpha value is -1.03. The normalized spacial score (nSPS) is 19.9. The van der Waals surface area contributed by atoms with E-state index in [4.69, 9.17) is 0 Å². The van der Waals surface area contributed by atoms with Crippen molar-refractivity contribution in [3.63, 3.8) is 0 Å². The molecule has 0 bridgehead atoms. The monoisotopic (exact) mass is 268 g/mol. The number of anilines is 2. The number of carbonyl (C=O) groups is 1. The third kappa shape index (κ3) is 2.15. The van der Waals surface area contributed by atoms with Crippen molar-refractivity contribution in [2.45, 2.75) is 13.3 Å². The average Bonchev–Trinajstić information content (AvgIpc) is 2.35. The Bertz CT molecular complexity index is 392. The molecule has 0 saturated carbocycles. The van der Waals surface area contributed by atoms with Gasteiger partial charge in [0.1, 0.15) is 0 Å². The van der Waals surface area contributed by atoms with Crippen LogP contribution in [0.4, 0.5) is 11.4 Å². The summed E-state index contributed by atoms with van der Waals surface area (Å²) in [5.74, 6) is 0.151. The summed E-state index contributed by atoms with van der Waals surface area (Å²) in [6.07, 6.45) is 0.855. The second-order valence-electron chi connectivity index (χ2n) is 3.67. The first-order chi connectivity index (χ1) is 7.20. The highest BCUT2D eigenvalue weighted by atomic mass is 79.9. The van der Waals surface area contributed by atoms with E-state index >= 15 is 0 Å². The summed E-state index contributed by atoms with van der Waals surface area (Å²) in [6, 6.07) is 5.85. The molecule has 3 nitrogen and oxygen atoms in total. The van der Waals surface area contributed by atoms with Crippen LogP contribution >= 0.6 is 15.9 Å². The number of rotatable bonds is 1. The summed E-state index contributed by atoms with van der Waals surface area (Å²) < 4.78 is 0.971. The lowest BCUT2D eigenvalue weighted by Gasteiger charge is -2.09. The molecule has 2 rings (SSSR count). The van der Waals surface area contributed by atoms with Gasteiger partial charge in [0, 0.05) is 11.0 Å². The Morgan fingerprint density at radius 2 is 2.27 bits per heavy atom. The van der Waals surface area contributed by atoms with Gasteiger partial charge in [-0.1, -0.05) is 22.9 Å². The lowest BCUT2D eigenvalue weighted by atomic mass is 10.1. The van der Waals surface area contributed by atoms with Crippen LogP contribution in [0.3, 0.4) is 0 Å². The van der Waals surface area contributed by atoms with Crippen LogP contribution in [0.1, 0.15) is 13.3 Å². The minimum Gasteiger partial charge on any atom is -0.383 e. The van der Waals surface area contributed by atoms with E-state index in [1.54, 1.807) is 0 Å². The predicted octanol–water partition coefficient (Wildman–Crippen LogP) is 2.84. The van der Waals surface area contributed by atoms with Crippen molar-refractivity contribution in [3.8, 4) is 0 Å². The number of carbonyl (C=O) groups excluding carboxylic acids is 1. The lowest BCUT2D eigenvalue weighted by Crippen LogP contribution is -2.24. The number of nitrogens with one attached hydrogen (secondary N) is 2. The lowest BCUT2D eigenvalue weighted by molar-refractivity contribution is -0.119. The Morgan fingerprint density at radius 1 is 1.47 bits per heavy atom. The van der Waals surface area contributed by atoms with Gasteiger partial charge in [-0.15, -0.1) is 0 Å². The Labute approximate surface area is 97.4 Å². The predicted molar refractivity (Wildman–Crippen MR) is 65.0 cm³/mol. The third-order valence-corrected chi connectivity index (χ3v) is 3.14. The van der Waals surface area contributed by atoms with E-state index in [9.17, 15) is 4.79 Å². The van der Waals surface area contributed by atoms with Crippen LogP contribution < -0.4 is 10.6 Å². The van der Waals surface area contributed by atoms with E-state index in [1.165, 1.54) is 0 Å². The minimum atomic E-state index is 0.0520. The molecule has 0 aliphatic carbocycles. The number of halogens is 1. The minimum absolute atomic E-state index is 0.0520. The van der Waals surface area contributed by atoms with Crippen LogP contribution in [0.2, 0.25) is 0 Å². The Balaban J connectivity index is 2.31. The summed E-state index contributed by atoms with van der Waals surface area (Å²) >= 11 is 3.39. The molecule has 0 fully saturated rings. The summed E-state index contributed by atoms with van der Waals surface area (Å²) in [7, 11) is 0. The van der Waals surface area contributed by atoms with Crippen LogP contribution in [0.15, 0.2) is 22.7 Å². The van der Waals surface area contributed by atoms with Crippen molar-refractivity contribution in [1.29, 1.82) is 0 Å². The largest absolute Gasteiger partial charge is 0.383 e. The van der Waals surface area contributed by atoms with E-state index < -0.39 is 0 Å². The number of amides is 1. The Morgan fingerprint density at radius 3 is 3.00 bits per heavy atom. The summed E-state index contributed by atoms with van der Waals surface area (Å²) in [4.78, 5) is 11.8. The van der Waals surface area contributed by atoms with Crippen molar-refractivity contribution < 1.29 is 4.79 Å². The molecular weight excluding hydrogens is 256 g/mol. The smallest absolute Gasteiger partial charge is 0.229 e. The molecule has 1 aromatic rings. The van der Waals surface area contributed by atoms with E-state index in [0.29, 0.717) is 6.54 Å². The number of fused-ring (bicyclic) bond motifs is 1. The molecule has 1 amide bonds. The van der Waals surface area contributed by atoms with Gasteiger partial charge in [-0.25, -0.2) is 0 Å². The maximum Gasteiger partial charge on any atom is 0.229 e. The fourth-order valence-corrected chi connectivity index (χ4v) is 2.03. The van der Waals surface area contributed by atoms with Crippen molar-refractivity contribution in [2.24, 2.45) is 5.92 Å². The molecule has 1 heterocycles. The van der Waals surface area contributed by atoms with Crippen LogP contribution in [0.25, 0.3) is 0 Å². The standard InChI is InChI=1S/C11H13BrN2O/c1-2-7-6-13-9-4-3-8(12)5-10(9)14-11(7)15/h3-5,7,13H,2,6H2,1H3,(H,14,15). The third-order valence-electron chi connectivity index (χ3n) is 2.64. The molecule has 1 atom stereocenters. The van der Waals surface area contributed by atoms with E-state index in [2.05, 4.69) is 26.6 Å². The summed E-state index contributed by atoms with van der Waals surface area (Å²) in [5.41, 5.74) is 1.84. The maximum atomic E-state index is 11.8. The fourth-order valence-electron chi connectivity index (χ4n) is 1.66. The van der Waals surface area contributed by atoms with Gasteiger partial charge in [0.05, 0.1) is 17.3 Å². The van der Waals surface area contributed by atoms with E-state index in [1.807, 2.05) is 25.1 Å². The molecule has 1 aliphatic heterocycles. The van der Waals surface area contributed by atoms with Crippen molar-refractivity contribution >= 4 is 33.2 Å². The zero-order chi connectivity index (χ0) is 10.8. The van der Waals surface area contributed by atoms with Gasteiger partial charge in [0.25, 0.3) is 0 Å². The second-order valence-corrected chi connectivity index (χ2v) is 4.58. The zero-order valence-electron chi connectivity index (χ0n) is 8.51. The molecule has 2 N–H and O–H groups in total. The van der Waals surface area contributed by atoms with Crippen LogP contribution in [-0.2, 0) is 4.79 Å². The molecule has 1 unspecified atom stereocenters. The molecule has 15 heavy (non-hydrogen) atoms. The SMILES string of the molecule is CCC1CNc2ccc(Br)cc2NC1=O. The van der Waals surface area contributed by atoms with Crippen molar-refractivity contribution in [1.82, 2.24) is 0 Å². The molecule has 1 aromatic carbocycles. The molecular formula is C11H13BrN2O. The van der Waals surface area contributed by atoms with Crippen LogP contribution in [0, 0.1) is 5.92 Å². The van der Waals surface area contributed by atoms with Gasteiger partial charge in [-0.3, -0.25) is 4.79 Å². The molecule has 80 valence electrons. The number of hydrogen-bond acceptors (Lipinski definition) is 2. The van der Waals surface area contributed by atoms with Crippen molar-refractivity contribution in [2.75, 3.05) is 17.2 Å². The van der Waals surface area contributed by atoms with Crippen LogP contribution in [0.5, 0.6) is 0 Å². The number of benzene rings is 1.